The van der Waals surface area contributed by atoms with Crippen molar-refractivity contribution in [2.75, 3.05) is 0 Å². The molecule has 3 heteroatoms. The SMILES string of the molecule is CCCCCc1ccc(OC(=O)C2CCC(C#N)(CCCC)CC2)cc1. The zero-order chi connectivity index (χ0) is 18.8. The quantitative estimate of drug-likeness (QED) is 0.300. The van der Waals surface area contributed by atoms with Crippen LogP contribution in [0.4, 0.5) is 0 Å². The van der Waals surface area contributed by atoms with E-state index in [1.165, 1.54) is 24.8 Å². The van der Waals surface area contributed by atoms with Gasteiger partial charge in [0, 0.05) is 0 Å². The number of ether oxygens (including phenoxy) is 1. The van der Waals surface area contributed by atoms with Gasteiger partial charge in [0.2, 0.25) is 0 Å². The molecule has 0 spiro atoms. The summed E-state index contributed by atoms with van der Waals surface area (Å²) in [5, 5.41) is 9.57. The van der Waals surface area contributed by atoms with Gasteiger partial charge in [-0.3, -0.25) is 4.79 Å². The molecule has 0 amide bonds. The molecule has 0 heterocycles. The van der Waals surface area contributed by atoms with E-state index in [0.717, 1.165) is 51.4 Å². The van der Waals surface area contributed by atoms with Crippen molar-refractivity contribution in [2.45, 2.75) is 84.5 Å². The van der Waals surface area contributed by atoms with Gasteiger partial charge in [0.15, 0.2) is 0 Å². The molecule has 0 aliphatic heterocycles. The van der Waals surface area contributed by atoms with Crippen molar-refractivity contribution in [1.82, 2.24) is 0 Å². The topological polar surface area (TPSA) is 50.1 Å². The molecule has 2 rings (SSSR count). The van der Waals surface area contributed by atoms with Crippen molar-refractivity contribution in [2.24, 2.45) is 11.3 Å². The minimum absolute atomic E-state index is 0.0673. The van der Waals surface area contributed by atoms with Crippen LogP contribution in [0.15, 0.2) is 24.3 Å². The summed E-state index contributed by atoms with van der Waals surface area (Å²) in [6, 6.07) is 10.5. The summed E-state index contributed by atoms with van der Waals surface area (Å²) < 4.78 is 5.60. The Labute approximate surface area is 158 Å². The second-order valence-electron chi connectivity index (χ2n) is 7.79. The average Bonchev–Trinajstić information content (AvgIpc) is 2.68. The molecule has 0 N–H and O–H groups in total. The molecule has 1 aromatic rings. The predicted octanol–water partition coefficient (Wildman–Crippen LogP) is 6.22. The van der Waals surface area contributed by atoms with Crippen molar-refractivity contribution in [3.63, 3.8) is 0 Å². The number of unbranched alkanes of at least 4 members (excludes halogenated alkanes) is 3. The zero-order valence-corrected chi connectivity index (χ0v) is 16.4. The maximum atomic E-state index is 12.5. The lowest BCUT2D eigenvalue weighted by Crippen LogP contribution is -2.31. The first kappa shape index (κ1) is 20.5. The number of nitriles is 1. The van der Waals surface area contributed by atoms with Crippen molar-refractivity contribution in [1.29, 1.82) is 5.26 Å². The van der Waals surface area contributed by atoms with Crippen molar-refractivity contribution in [3.8, 4) is 11.8 Å². The molecule has 0 unspecified atom stereocenters. The van der Waals surface area contributed by atoms with E-state index in [1.807, 2.05) is 12.1 Å². The number of benzene rings is 1. The Morgan fingerprint density at radius 2 is 1.77 bits per heavy atom. The van der Waals surface area contributed by atoms with Crippen molar-refractivity contribution in [3.05, 3.63) is 29.8 Å². The highest BCUT2D eigenvalue weighted by atomic mass is 16.5. The Bertz CT molecular complexity index is 592. The van der Waals surface area contributed by atoms with Crippen LogP contribution in [-0.4, -0.2) is 5.97 Å². The summed E-state index contributed by atoms with van der Waals surface area (Å²) in [4.78, 5) is 12.5. The summed E-state index contributed by atoms with van der Waals surface area (Å²) in [6.45, 7) is 4.36. The largest absolute Gasteiger partial charge is 0.426 e. The normalized spacial score (nSPS) is 22.6. The molecule has 0 aromatic heterocycles. The van der Waals surface area contributed by atoms with Crippen LogP contribution in [0.5, 0.6) is 5.75 Å². The van der Waals surface area contributed by atoms with E-state index in [1.54, 1.807) is 0 Å². The highest BCUT2D eigenvalue weighted by Crippen LogP contribution is 2.42. The van der Waals surface area contributed by atoms with E-state index in [2.05, 4.69) is 32.0 Å². The van der Waals surface area contributed by atoms with Gasteiger partial charge in [0.25, 0.3) is 0 Å². The molecule has 142 valence electrons. The molecule has 1 saturated carbocycles. The van der Waals surface area contributed by atoms with Gasteiger partial charge < -0.3 is 4.74 Å². The van der Waals surface area contributed by atoms with Gasteiger partial charge in [-0.15, -0.1) is 0 Å². The molecule has 1 fully saturated rings. The second kappa shape index (κ2) is 10.4. The highest BCUT2D eigenvalue weighted by molar-refractivity contribution is 5.75. The standard InChI is InChI=1S/C23H33NO2/c1-3-5-7-8-19-9-11-21(12-10-19)26-22(25)20-13-16-23(18-24,17-14-20)15-6-4-2/h9-12,20H,3-8,13-17H2,1-2H3. The van der Waals surface area contributed by atoms with Crippen LogP contribution >= 0.6 is 0 Å². The van der Waals surface area contributed by atoms with E-state index < -0.39 is 0 Å². The molecule has 3 nitrogen and oxygen atoms in total. The van der Waals surface area contributed by atoms with Crippen LogP contribution in [0.3, 0.4) is 0 Å². The van der Waals surface area contributed by atoms with Crippen LogP contribution in [0.1, 0.15) is 83.6 Å². The van der Waals surface area contributed by atoms with E-state index in [-0.39, 0.29) is 17.3 Å². The van der Waals surface area contributed by atoms with Crippen LogP contribution in [0.25, 0.3) is 0 Å². The Kier molecular flexibility index (Phi) is 8.16. The van der Waals surface area contributed by atoms with Gasteiger partial charge >= 0.3 is 5.97 Å². The molecule has 26 heavy (non-hydrogen) atoms. The number of esters is 1. The summed E-state index contributed by atoms with van der Waals surface area (Å²) in [5.41, 5.74) is 1.08. The first-order valence-electron chi connectivity index (χ1n) is 10.3. The third kappa shape index (κ3) is 5.87. The molecular weight excluding hydrogens is 322 g/mol. The molecule has 0 atom stereocenters. The third-order valence-electron chi connectivity index (χ3n) is 5.73. The second-order valence-corrected chi connectivity index (χ2v) is 7.79. The number of carbonyl (C=O) groups excluding carboxylic acids is 1. The van der Waals surface area contributed by atoms with Gasteiger partial charge in [-0.05, 0) is 62.6 Å². The number of nitrogens with zero attached hydrogens (tertiary/aromatic N) is 1. The lowest BCUT2D eigenvalue weighted by Gasteiger charge is -2.34. The van der Waals surface area contributed by atoms with Gasteiger partial charge in [-0.2, -0.15) is 5.26 Å². The average molecular weight is 356 g/mol. The highest BCUT2D eigenvalue weighted by Gasteiger charge is 2.37. The lowest BCUT2D eigenvalue weighted by atomic mass is 9.69. The van der Waals surface area contributed by atoms with Gasteiger partial charge in [-0.1, -0.05) is 51.7 Å². The third-order valence-corrected chi connectivity index (χ3v) is 5.73. The monoisotopic (exact) mass is 355 g/mol. The van der Waals surface area contributed by atoms with Crippen molar-refractivity contribution >= 4 is 5.97 Å². The van der Waals surface area contributed by atoms with E-state index in [9.17, 15) is 10.1 Å². The van der Waals surface area contributed by atoms with Gasteiger partial charge in [0.05, 0.1) is 17.4 Å². The molecule has 0 saturated heterocycles. The van der Waals surface area contributed by atoms with Crippen molar-refractivity contribution < 1.29 is 9.53 Å². The number of rotatable bonds is 9. The van der Waals surface area contributed by atoms with E-state index in [0.29, 0.717) is 5.75 Å². The summed E-state index contributed by atoms with van der Waals surface area (Å²) >= 11 is 0. The lowest BCUT2D eigenvalue weighted by molar-refractivity contribution is -0.140. The first-order valence-corrected chi connectivity index (χ1v) is 10.3. The Hall–Kier alpha value is -1.82. The fraction of sp³-hybridized carbons (Fsp3) is 0.652. The van der Waals surface area contributed by atoms with Crippen LogP contribution in [0.2, 0.25) is 0 Å². The summed E-state index contributed by atoms with van der Waals surface area (Å²) in [7, 11) is 0. The van der Waals surface area contributed by atoms with Crippen LogP contribution in [0, 0.1) is 22.7 Å². The van der Waals surface area contributed by atoms with E-state index in [4.69, 9.17) is 4.74 Å². The molecular formula is C23H33NO2. The number of hydrogen-bond acceptors (Lipinski definition) is 3. The molecule has 0 bridgehead atoms. The number of carbonyl (C=O) groups is 1. The number of aryl methyl sites for hydroxylation is 1. The maximum absolute atomic E-state index is 12.5. The minimum Gasteiger partial charge on any atom is -0.426 e. The summed E-state index contributed by atoms with van der Waals surface area (Å²) in [6.07, 6.45) is 11.1. The fourth-order valence-electron chi connectivity index (χ4n) is 3.84. The summed E-state index contributed by atoms with van der Waals surface area (Å²) in [5.74, 6) is 0.436. The molecule has 1 aliphatic carbocycles. The first-order chi connectivity index (χ1) is 12.6. The molecule has 1 aromatic carbocycles. The van der Waals surface area contributed by atoms with E-state index >= 15 is 0 Å². The maximum Gasteiger partial charge on any atom is 0.314 e. The smallest absolute Gasteiger partial charge is 0.314 e. The van der Waals surface area contributed by atoms with Crippen LogP contribution < -0.4 is 4.74 Å². The Morgan fingerprint density at radius 1 is 1.12 bits per heavy atom. The Balaban J connectivity index is 1.82. The molecule has 0 radical (unpaired) electrons. The predicted molar refractivity (Wildman–Crippen MR) is 105 cm³/mol. The van der Waals surface area contributed by atoms with Gasteiger partial charge in [0.1, 0.15) is 5.75 Å². The van der Waals surface area contributed by atoms with Crippen LogP contribution in [-0.2, 0) is 11.2 Å². The Morgan fingerprint density at radius 3 is 2.35 bits per heavy atom. The molecule has 1 aliphatic rings. The fourth-order valence-corrected chi connectivity index (χ4v) is 3.84. The minimum atomic E-state index is -0.215. The number of hydrogen-bond donors (Lipinski definition) is 0. The van der Waals surface area contributed by atoms with Gasteiger partial charge in [-0.25, -0.2) is 0 Å². The zero-order valence-electron chi connectivity index (χ0n) is 16.4.